The molecule has 0 amide bonds. The van der Waals surface area contributed by atoms with E-state index in [0.717, 1.165) is 0 Å². The van der Waals surface area contributed by atoms with Crippen LogP contribution in [0.3, 0.4) is 0 Å². The largest absolute Gasteiger partial charge is 0.480 e. The minimum absolute atomic E-state index is 0.339. The molecule has 1 N–H and O–H groups in total. The highest BCUT2D eigenvalue weighted by Gasteiger charge is 2.10. The minimum Gasteiger partial charge on any atom is -0.480 e. The molecule has 0 aliphatic heterocycles. The van der Waals surface area contributed by atoms with Crippen LogP contribution in [0.1, 0.15) is 6.42 Å². The van der Waals surface area contributed by atoms with E-state index in [1.807, 2.05) is 0 Å². The van der Waals surface area contributed by atoms with Crippen molar-refractivity contribution >= 4 is 5.97 Å². The van der Waals surface area contributed by atoms with Crippen molar-refractivity contribution in [2.24, 2.45) is 5.92 Å². The van der Waals surface area contributed by atoms with Gasteiger partial charge in [-0.25, -0.2) is 0 Å². The molecule has 0 aromatic rings. The molecule has 1 unspecified atom stereocenters. The molecule has 0 heterocycles. The summed E-state index contributed by atoms with van der Waals surface area (Å²) in [6.07, 6.45) is 6.72. The lowest BCUT2D eigenvalue weighted by Gasteiger charge is -1.97. The molecule has 9 heavy (non-hydrogen) atoms. The molecule has 1 atom stereocenters. The van der Waals surface area contributed by atoms with Crippen LogP contribution in [0.25, 0.3) is 0 Å². The topological polar surface area (TPSA) is 37.3 Å². The second kappa shape index (κ2) is 3.73. The van der Waals surface area contributed by atoms with Crippen LogP contribution in [0.5, 0.6) is 0 Å². The third-order valence-electron chi connectivity index (χ3n) is 0.902. The molecule has 0 aliphatic rings. The summed E-state index contributed by atoms with van der Waals surface area (Å²) in [7, 11) is 0. The fourth-order valence-corrected chi connectivity index (χ4v) is 0.407. The summed E-state index contributed by atoms with van der Waals surface area (Å²) in [5, 5.41) is 8.31. The van der Waals surface area contributed by atoms with Crippen molar-refractivity contribution in [3.8, 4) is 12.3 Å². The predicted molar refractivity (Wildman–Crippen MR) is 34.8 cm³/mol. The van der Waals surface area contributed by atoms with Crippen molar-refractivity contribution in [1.29, 1.82) is 0 Å². The van der Waals surface area contributed by atoms with E-state index in [4.69, 9.17) is 11.5 Å². The van der Waals surface area contributed by atoms with Gasteiger partial charge in [0.05, 0.1) is 0 Å². The maximum absolute atomic E-state index is 10.1. The molecular formula is C7H8O2. The summed E-state index contributed by atoms with van der Waals surface area (Å²) in [6, 6.07) is 0. The second-order valence-corrected chi connectivity index (χ2v) is 1.58. The van der Waals surface area contributed by atoms with Crippen LogP contribution in [-0.4, -0.2) is 11.1 Å². The van der Waals surface area contributed by atoms with Gasteiger partial charge in [0.1, 0.15) is 5.92 Å². The van der Waals surface area contributed by atoms with Crippen LogP contribution in [0.15, 0.2) is 12.7 Å². The molecule has 0 rings (SSSR count). The number of terminal acetylenes is 1. The molecule has 0 fully saturated rings. The molecule has 0 aromatic carbocycles. The quantitative estimate of drug-likeness (QED) is 0.448. The number of hydrogen-bond acceptors (Lipinski definition) is 1. The lowest BCUT2D eigenvalue weighted by atomic mass is 10.1. The predicted octanol–water partition coefficient (Wildman–Crippen LogP) is 0.897. The number of carbonyl (C=O) groups is 1. The highest BCUT2D eigenvalue weighted by molar-refractivity contribution is 5.73. The van der Waals surface area contributed by atoms with Gasteiger partial charge >= 0.3 is 5.97 Å². The van der Waals surface area contributed by atoms with Gasteiger partial charge in [0.2, 0.25) is 0 Å². The van der Waals surface area contributed by atoms with E-state index in [1.165, 1.54) is 6.08 Å². The van der Waals surface area contributed by atoms with Gasteiger partial charge in [-0.2, -0.15) is 0 Å². The first kappa shape index (κ1) is 7.77. The zero-order chi connectivity index (χ0) is 7.28. The highest BCUT2D eigenvalue weighted by atomic mass is 16.4. The molecule has 48 valence electrons. The summed E-state index contributed by atoms with van der Waals surface area (Å²) >= 11 is 0. The van der Waals surface area contributed by atoms with Crippen molar-refractivity contribution in [2.45, 2.75) is 6.42 Å². The smallest absolute Gasteiger partial charge is 0.318 e. The summed E-state index contributed by atoms with van der Waals surface area (Å²) < 4.78 is 0. The number of carboxylic acid groups (broad SMARTS) is 1. The van der Waals surface area contributed by atoms with Crippen molar-refractivity contribution in [2.75, 3.05) is 0 Å². The number of aliphatic carboxylic acids is 1. The van der Waals surface area contributed by atoms with Gasteiger partial charge in [0.15, 0.2) is 0 Å². The molecule has 0 bridgehead atoms. The van der Waals surface area contributed by atoms with Gasteiger partial charge in [0.25, 0.3) is 0 Å². The van der Waals surface area contributed by atoms with Gasteiger partial charge < -0.3 is 5.11 Å². The average molecular weight is 124 g/mol. The zero-order valence-corrected chi connectivity index (χ0v) is 5.00. The zero-order valence-electron chi connectivity index (χ0n) is 5.00. The van der Waals surface area contributed by atoms with E-state index >= 15 is 0 Å². The third kappa shape index (κ3) is 2.55. The van der Waals surface area contributed by atoms with E-state index in [-0.39, 0.29) is 0 Å². The monoisotopic (exact) mass is 124 g/mol. The summed E-state index contributed by atoms with van der Waals surface area (Å²) in [6.45, 7) is 3.37. The van der Waals surface area contributed by atoms with E-state index in [0.29, 0.717) is 6.42 Å². The Morgan fingerprint density at radius 1 is 2.00 bits per heavy atom. The molecule has 2 nitrogen and oxygen atoms in total. The third-order valence-corrected chi connectivity index (χ3v) is 0.902. The Morgan fingerprint density at radius 2 is 2.56 bits per heavy atom. The van der Waals surface area contributed by atoms with Gasteiger partial charge in [-0.05, 0) is 6.42 Å². The standard InChI is InChI=1S/C7H8O2/c1-3-5-6(4-2)7(8)9/h2-3,6H,1,5H2,(H,8,9). The molecule has 0 saturated carbocycles. The maximum Gasteiger partial charge on any atom is 0.318 e. The second-order valence-electron chi connectivity index (χ2n) is 1.58. The molecule has 0 spiro atoms. The van der Waals surface area contributed by atoms with E-state index in [2.05, 4.69) is 12.5 Å². The Bertz CT molecular complexity index is 153. The lowest BCUT2D eigenvalue weighted by Crippen LogP contribution is -2.09. The summed E-state index contributed by atoms with van der Waals surface area (Å²) in [5.74, 6) is 0.465. The normalized spacial score (nSPS) is 11.4. The minimum atomic E-state index is -0.961. The average Bonchev–Trinajstić information content (AvgIpc) is 1.82. The van der Waals surface area contributed by atoms with Crippen LogP contribution in [0.2, 0.25) is 0 Å². The first-order valence-corrected chi connectivity index (χ1v) is 2.52. The fraction of sp³-hybridized carbons (Fsp3) is 0.286. The maximum atomic E-state index is 10.1. The molecular weight excluding hydrogens is 116 g/mol. The van der Waals surface area contributed by atoms with Crippen molar-refractivity contribution in [3.05, 3.63) is 12.7 Å². The SMILES string of the molecule is C#CC(CC=C)C(=O)O. The Labute approximate surface area is 54.2 Å². The first-order chi connectivity index (χ1) is 4.22. The lowest BCUT2D eigenvalue weighted by molar-refractivity contribution is -0.139. The van der Waals surface area contributed by atoms with Gasteiger partial charge in [-0.15, -0.1) is 13.0 Å². The van der Waals surface area contributed by atoms with E-state index < -0.39 is 11.9 Å². The summed E-state index contributed by atoms with van der Waals surface area (Å²) in [4.78, 5) is 10.1. The number of carboxylic acids is 1. The van der Waals surface area contributed by atoms with Gasteiger partial charge in [0, 0.05) is 0 Å². The van der Waals surface area contributed by atoms with E-state index in [9.17, 15) is 4.79 Å². The first-order valence-electron chi connectivity index (χ1n) is 2.52. The van der Waals surface area contributed by atoms with Crippen molar-refractivity contribution < 1.29 is 9.90 Å². The van der Waals surface area contributed by atoms with Crippen LogP contribution in [-0.2, 0) is 4.79 Å². The van der Waals surface area contributed by atoms with Crippen LogP contribution in [0.4, 0.5) is 0 Å². The molecule has 0 aliphatic carbocycles. The highest BCUT2D eigenvalue weighted by Crippen LogP contribution is 2.00. The Balaban J connectivity index is 3.86. The Hall–Kier alpha value is -1.23. The molecule has 0 radical (unpaired) electrons. The van der Waals surface area contributed by atoms with Crippen molar-refractivity contribution in [1.82, 2.24) is 0 Å². The van der Waals surface area contributed by atoms with Gasteiger partial charge in [-0.3, -0.25) is 4.79 Å². The number of hydrogen-bond donors (Lipinski definition) is 1. The number of rotatable bonds is 3. The summed E-state index contributed by atoms with van der Waals surface area (Å²) in [5.41, 5.74) is 0. The number of allylic oxidation sites excluding steroid dienone is 1. The Morgan fingerprint density at radius 3 is 2.67 bits per heavy atom. The van der Waals surface area contributed by atoms with Crippen molar-refractivity contribution in [3.63, 3.8) is 0 Å². The van der Waals surface area contributed by atoms with Crippen LogP contribution in [0, 0.1) is 18.3 Å². The van der Waals surface area contributed by atoms with E-state index in [1.54, 1.807) is 0 Å². The van der Waals surface area contributed by atoms with Crippen LogP contribution < -0.4 is 0 Å². The fourth-order valence-electron chi connectivity index (χ4n) is 0.407. The molecule has 2 heteroatoms. The Kier molecular flexibility index (Phi) is 3.22. The van der Waals surface area contributed by atoms with Gasteiger partial charge in [-0.1, -0.05) is 12.0 Å². The van der Waals surface area contributed by atoms with Crippen LogP contribution >= 0.6 is 0 Å². The molecule has 0 aromatic heterocycles. The molecule has 0 saturated heterocycles.